The Bertz CT molecular complexity index is 1180. The number of likely N-dealkylation sites (tertiary alicyclic amines) is 1. The highest BCUT2D eigenvalue weighted by atomic mass is 19.1. The SMILES string of the molecule is NC(=O)c1ccc(CN2CCC(N3C=C(C(=O)N4CCN(Cc5ccc(F)cc5)CC4)C=CC3)CC2)cc1. The molecule has 0 saturated carbocycles. The molecule has 200 valence electrons. The number of halogens is 1. The van der Waals surface area contributed by atoms with Crippen LogP contribution >= 0.6 is 0 Å². The molecule has 0 atom stereocenters. The highest BCUT2D eigenvalue weighted by Gasteiger charge is 2.27. The highest BCUT2D eigenvalue weighted by Crippen LogP contribution is 2.23. The second-order valence-corrected chi connectivity index (χ2v) is 10.4. The summed E-state index contributed by atoms with van der Waals surface area (Å²) in [5.41, 5.74) is 8.91. The predicted octanol–water partition coefficient (Wildman–Crippen LogP) is 2.99. The number of nitrogens with two attached hydrogens (primary N) is 1. The van der Waals surface area contributed by atoms with Gasteiger partial charge < -0.3 is 15.5 Å². The van der Waals surface area contributed by atoms with E-state index in [0.717, 1.165) is 69.8 Å². The topological polar surface area (TPSA) is 73.1 Å². The van der Waals surface area contributed by atoms with E-state index in [9.17, 15) is 14.0 Å². The average molecular weight is 518 g/mol. The van der Waals surface area contributed by atoms with Gasteiger partial charge in [-0.15, -0.1) is 0 Å². The van der Waals surface area contributed by atoms with Crippen molar-refractivity contribution in [2.45, 2.75) is 32.0 Å². The Balaban J connectivity index is 1.09. The summed E-state index contributed by atoms with van der Waals surface area (Å²) >= 11 is 0. The standard InChI is InChI=1S/C30H36FN5O2/c31-27-9-5-24(6-10-27)21-34-16-18-35(19-17-34)30(38)26-2-1-13-36(22-26)28-11-14-33(15-12-28)20-23-3-7-25(8-4-23)29(32)37/h1-10,22,28H,11-21H2,(H2,32,37). The maximum atomic E-state index is 13.3. The molecule has 2 amide bonds. The summed E-state index contributed by atoms with van der Waals surface area (Å²) < 4.78 is 13.2. The van der Waals surface area contributed by atoms with E-state index in [1.54, 1.807) is 12.1 Å². The molecule has 3 heterocycles. The van der Waals surface area contributed by atoms with E-state index in [4.69, 9.17) is 5.73 Å². The van der Waals surface area contributed by atoms with Gasteiger partial charge in [-0.3, -0.25) is 19.4 Å². The molecular weight excluding hydrogens is 481 g/mol. The highest BCUT2D eigenvalue weighted by molar-refractivity contribution is 5.96. The van der Waals surface area contributed by atoms with Gasteiger partial charge in [0.05, 0.1) is 5.57 Å². The number of nitrogens with zero attached hydrogens (tertiary/aromatic N) is 4. The molecule has 2 fully saturated rings. The number of carbonyl (C=O) groups excluding carboxylic acids is 2. The van der Waals surface area contributed by atoms with Crippen molar-refractivity contribution in [2.24, 2.45) is 5.73 Å². The monoisotopic (exact) mass is 517 g/mol. The number of rotatable bonds is 7. The van der Waals surface area contributed by atoms with Crippen LogP contribution < -0.4 is 5.73 Å². The summed E-state index contributed by atoms with van der Waals surface area (Å²) in [7, 11) is 0. The van der Waals surface area contributed by atoms with Gasteiger partial charge in [0.2, 0.25) is 5.91 Å². The van der Waals surface area contributed by atoms with E-state index in [1.165, 1.54) is 17.7 Å². The fraction of sp³-hybridized carbons (Fsp3) is 0.400. The van der Waals surface area contributed by atoms with Crippen LogP contribution in [0.5, 0.6) is 0 Å². The quantitative estimate of drug-likeness (QED) is 0.612. The fourth-order valence-electron chi connectivity index (χ4n) is 5.54. The Morgan fingerprint density at radius 3 is 2.00 bits per heavy atom. The van der Waals surface area contributed by atoms with Crippen LogP contribution in [0.2, 0.25) is 0 Å². The normalized spacial score (nSPS) is 19.4. The van der Waals surface area contributed by atoms with Gasteiger partial charge >= 0.3 is 0 Å². The Morgan fingerprint density at radius 1 is 0.816 bits per heavy atom. The number of primary amides is 1. The second-order valence-electron chi connectivity index (χ2n) is 10.4. The molecule has 2 aromatic rings. The lowest BCUT2D eigenvalue weighted by molar-refractivity contribution is -0.128. The lowest BCUT2D eigenvalue weighted by atomic mass is 10.0. The molecule has 0 unspecified atom stereocenters. The van der Waals surface area contributed by atoms with Crippen molar-refractivity contribution in [3.8, 4) is 0 Å². The third-order valence-electron chi connectivity index (χ3n) is 7.82. The van der Waals surface area contributed by atoms with E-state index >= 15 is 0 Å². The molecule has 5 rings (SSSR count). The molecule has 2 saturated heterocycles. The van der Waals surface area contributed by atoms with Gasteiger partial charge in [0, 0.05) is 76.7 Å². The second kappa shape index (κ2) is 11.9. The molecule has 0 aliphatic carbocycles. The zero-order valence-corrected chi connectivity index (χ0v) is 21.8. The summed E-state index contributed by atoms with van der Waals surface area (Å²) in [6.45, 7) is 7.48. The van der Waals surface area contributed by atoms with Crippen LogP contribution in [0.4, 0.5) is 4.39 Å². The number of benzene rings is 2. The molecule has 0 spiro atoms. The summed E-state index contributed by atoms with van der Waals surface area (Å²) in [6.07, 6.45) is 8.23. The molecule has 3 aliphatic heterocycles. The van der Waals surface area contributed by atoms with Crippen LogP contribution in [-0.2, 0) is 17.9 Å². The number of carbonyl (C=O) groups is 2. The van der Waals surface area contributed by atoms with E-state index in [-0.39, 0.29) is 11.7 Å². The van der Waals surface area contributed by atoms with Crippen molar-refractivity contribution in [3.05, 3.63) is 95.0 Å². The van der Waals surface area contributed by atoms with Crippen LogP contribution in [-0.4, -0.2) is 83.3 Å². The number of hydrogen-bond acceptors (Lipinski definition) is 5. The Morgan fingerprint density at radius 2 is 1.39 bits per heavy atom. The smallest absolute Gasteiger partial charge is 0.255 e. The Kier molecular flexibility index (Phi) is 8.20. The summed E-state index contributed by atoms with van der Waals surface area (Å²) in [4.78, 5) is 33.6. The third kappa shape index (κ3) is 6.49. The van der Waals surface area contributed by atoms with Gasteiger partial charge in [0.25, 0.3) is 5.91 Å². The first-order valence-electron chi connectivity index (χ1n) is 13.5. The lowest BCUT2D eigenvalue weighted by Crippen LogP contribution is -2.49. The molecule has 0 radical (unpaired) electrons. The molecule has 2 N–H and O–H groups in total. The average Bonchev–Trinajstić information content (AvgIpc) is 2.95. The van der Waals surface area contributed by atoms with Gasteiger partial charge in [-0.05, 0) is 48.2 Å². The lowest BCUT2D eigenvalue weighted by Gasteiger charge is -2.39. The molecule has 7 nitrogen and oxygen atoms in total. The molecule has 3 aliphatic rings. The Hall–Kier alpha value is -3.49. The largest absolute Gasteiger partial charge is 0.370 e. The first-order valence-corrected chi connectivity index (χ1v) is 13.5. The van der Waals surface area contributed by atoms with E-state index in [2.05, 4.69) is 27.0 Å². The predicted molar refractivity (Wildman–Crippen MR) is 145 cm³/mol. The molecule has 0 bridgehead atoms. The van der Waals surface area contributed by atoms with Crippen molar-refractivity contribution >= 4 is 11.8 Å². The number of piperidine rings is 1. The van der Waals surface area contributed by atoms with E-state index in [0.29, 0.717) is 24.7 Å². The molecule has 8 heteroatoms. The first kappa shape index (κ1) is 26.1. The van der Waals surface area contributed by atoms with Gasteiger partial charge in [-0.1, -0.05) is 36.4 Å². The van der Waals surface area contributed by atoms with Gasteiger partial charge in [-0.25, -0.2) is 4.39 Å². The minimum Gasteiger partial charge on any atom is -0.370 e. The van der Waals surface area contributed by atoms with E-state index < -0.39 is 5.91 Å². The molecule has 2 aromatic carbocycles. The molecule has 0 aromatic heterocycles. The van der Waals surface area contributed by atoms with Crippen molar-refractivity contribution in [2.75, 3.05) is 45.8 Å². The number of hydrogen-bond donors (Lipinski definition) is 1. The minimum absolute atomic E-state index is 0.101. The molecule has 38 heavy (non-hydrogen) atoms. The third-order valence-corrected chi connectivity index (χ3v) is 7.82. The summed E-state index contributed by atoms with van der Waals surface area (Å²) in [6, 6.07) is 14.6. The summed E-state index contributed by atoms with van der Waals surface area (Å²) in [5.74, 6) is -0.515. The fourth-order valence-corrected chi connectivity index (χ4v) is 5.54. The van der Waals surface area contributed by atoms with Crippen LogP contribution in [0, 0.1) is 5.82 Å². The maximum absolute atomic E-state index is 13.3. The maximum Gasteiger partial charge on any atom is 0.255 e. The van der Waals surface area contributed by atoms with Crippen molar-refractivity contribution in [1.82, 2.24) is 19.6 Å². The van der Waals surface area contributed by atoms with Gasteiger partial charge in [0.15, 0.2) is 0 Å². The minimum atomic E-state index is -0.400. The summed E-state index contributed by atoms with van der Waals surface area (Å²) in [5, 5.41) is 0. The number of amides is 2. The van der Waals surface area contributed by atoms with Crippen LogP contribution in [0.1, 0.15) is 34.3 Å². The molecular formula is C30H36FN5O2. The van der Waals surface area contributed by atoms with Crippen LogP contribution in [0.25, 0.3) is 0 Å². The first-order chi connectivity index (χ1) is 18.4. The number of piperazine rings is 1. The van der Waals surface area contributed by atoms with Crippen molar-refractivity contribution in [3.63, 3.8) is 0 Å². The van der Waals surface area contributed by atoms with Crippen molar-refractivity contribution in [1.29, 1.82) is 0 Å². The zero-order chi connectivity index (χ0) is 26.5. The van der Waals surface area contributed by atoms with Gasteiger partial charge in [-0.2, -0.15) is 0 Å². The van der Waals surface area contributed by atoms with Crippen LogP contribution in [0.15, 0.2) is 72.5 Å². The van der Waals surface area contributed by atoms with Gasteiger partial charge in [0.1, 0.15) is 5.82 Å². The zero-order valence-electron chi connectivity index (χ0n) is 21.8. The Labute approximate surface area is 224 Å². The van der Waals surface area contributed by atoms with E-state index in [1.807, 2.05) is 35.2 Å². The van der Waals surface area contributed by atoms with Crippen molar-refractivity contribution < 1.29 is 14.0 Å². The van der Waals surface area contributed by atoms with Crippen LogP contribution in [0.3, 0.4) is 0 Å².